The third kappa shape index (κ3) is 3.75. The molecule has 0 aliphatic rings. The van der Waals surface area contributed by atoms with Crippen molar-refractivity contribution < 1.29 is 9.53 Å². The zero-order valence-electron chi connectivity index (χ0n) is 10.8. The van der Waals surface area contributed by atoms with Gasteiger partial charge < -0.3 is 4.74 Å². The van der Waals surface area contributed by atoms with Crippen LogP contribution in [0.25, 0.3) is 0 Å². The Morgan fingerprint density at radius 2 is 1.88 bits per heavy atom. The number of hydrogen-bond donors (Lipinski definition) is 0. The Bertz CT molecular complexity index is 311. The van der Waals surface area contributed by atoms with Gasteiger partial charge in [-0.15, -0.1) is 0 Å². The maximum atomic E-state index is 11.8. The molecule has 0 spiro atoms. The van der Waals surface area contributed by atoms with Crippen LogP contribution in [0, 0.1) is 34.0 Å². The van der Waals surface area contributed by atoms with Gasteiger partial charge in [-0.1, -0.05) is 26.7 Å². The highest BCUT2D eigenvalue weighted by Gasteiger charge is 2.43. The monoisotopic (exact) mass is 236 g/mol. The number of hydrogen-bond acceptors (Lipinski definition) is 4. The lowest BCUT2D eigenvalue weighted by Crippen LogP contribution is -2.34. The first-order chi connectivity index (χ1) is 8.11. The van der Waals surface area contributed by atoms with Gasteiger partial charge >= 0.3 is 5.97 Å². The molecule has 17 heavy (non-hydrogen) atoms. The van der Waals surface area contributed by atoms with E-state index in [9.17, 15) is 15.3 Å². The minimum atomic E-state index is -1.24. The van der Waals surface area contributed by atoms with Gasteiger partial charge in [0.25, 0.3) is 0 Å². The third-order valence-electron chi connectivity index (χ3n) is 2.90. The van der Waals surface area contributed by atoms with E-state index < -0.39 is 17.3 Å². The van der Waals surface area contributed by atoms with Gasteiger partial charge in [-0.05, 0) is 19.8 Å². The first-order valence-corrected chi connectivity index (χ1v) is 6.10. The normalized spacial score (nSPS) is 12.3. The molecule has 94 valence electrons. The average molecular weight is 236 g/mol. The SMILES string of the molecule is CCCCC(C#N)(C#N)C(CC)C(=O)OCC. The van der Waals surface area contributed by atoms with E-state index in [4.69, 9.17) is 4.74 Å². The second-order valence-electron chi connectivity index (χ2n) is 4.01. The second-order valence-corrected chi connectivity index (χ2v) is 4.01. The number of carbonyl (C=O) groups is 1. The molecular weight excluding hydrogens is 216 g/mol. The lowest BCUT2D eigenvalue weighted by molar-refractivity contribution is -0.150. The van der Waals surface area contributed by atoms with Crippen molar-refractivity contribution in [3.63, 3.8) is 0 Å². The highest BCUT2D eigenvalue weighted by molar-refractivity contribution is 5.74. The Morgan fingerprint density at radius 1 is 1.29 bits per heavy atom. The van der Waals surface area contributed by atoms with E-state index in [-0.39, 0.29) is 6.61 Å². The van der Waals surface area contributed by atoms with Crippen LogP contribution in [0.5, 0.6) is 0 Å². The van der Waals surface area contributed by atoms with Gasteiger partial charge in [-0.25, -0.2) is 0 Å². The fourth-order valence-corrected chi connectivity index (χ4v) is 1.88. The molecule has 1 unspecified atom stereocenters. The van der Waals surface area contributed by atoms with Gasteiger partial charge in [0.05, 0.1) is 24.7 Å². The summed E-state index contributed by atoms with van der Waals surface area (Å²) in [7, 11) is 0. The number of rotatable bonds is 7. The Hall–Kier alpha value is -1.55. The van der Waals surface area contributed by atoms with Crippen LogP contribution in [0.15, 0.2) is 0 Å². The summed E-state index contributed by atoms with van der Waals surface area (Å²) in [5.41, 5.74) is -1.24. The van der Waals surface area contributed by atoms with E-state index in [1.807, 2.05) is 19.1 Å². The van der Waals surface area contributed by atoms with Crippen molar-refractivity contribution in [3.05, 3.63) is 0 Å². The fourth-order valence-electron chi connectivity index (χ4n) is 1.88. The standard InChI is InChI=1S/C13H20N2O2/c1-4-7-8-13(9-14,10-15)11(5-2)12(16)17-6-3/h11H,4-8H2,1-3H3. The summed E-state index contributed by atoms with van der Waals surface area (Å²) in [5, 5.41) is 18.5. The zero-order valence-corrected chi connectivity index (χ0v) is 10.8. The summed E-state index contributed by atoms with van der Waals surface area (Å²) in [5.74, 6) is -1.08. The second kappa shape index (κ2) is 7.68. The molecule has 4 heteroatoms. The first-order valence-electron chi connectivity index (χ1n) is 6.10. The molecule has 4 nitrogen and oxygen atoms in total. The van der Waals surface area contributed by atoms with Gasteiger partial charge in [-0.3, -0.25) is 4.79 Å². The summed E-state index contributed by atoms with van der Waals surface area (Å²) in [6.07, 6.45) is 2.53. The Kier molecular flexibility index (Phi) is 6.98. The lowest BCUT2D eigenvalue weighted by atomic mass is 9.73. The summed E-state index contributed by atoms with van der Waals surface area (Å²) >= 11 is 0. The van der Waals surface area contributed by atoms with Crippen LogP contribution in [0.3, 0.4) is 0 Å². The summed E-state index contributed by atoms with van der Waals surface area (Å²) in [6.45, 7) is 5.79. The molecule has 0 amide bonds. The van der Waals surface area contributed by atoms with Gasteiger partial charge in [0.1, 0.15) is 0 Å². The summed E-state index contributed by atoms with van der Waals surface area (Å²) in [6, 6.07) is 4.06. The Labute approximate surface area is 103 Å². The molecule has 0 aromatic carbocycles. The molecule has 0 heterocycles. The Morgan fingerprint density at radius 3 is 2.24 bits per heavy atom. The predicted octanol–water partition coefficient (Wildman–Crippen LogP) is 2.80. The van der Waals surface area contributed by atoms with Crippen molar-refractivity contribution in [2.45, 2.75) is 46.5 Å². The van der Waals surface area contributed by atoms with Crippen LogP contribution in [-0.4, -0.2) is 12.6 Å². The number of nitrogens with zero attached hydrogens (tertiary/aromatic N) is 2. The average Bonchev–Trinajstić information content (AvgIpc) is 2.35. The molecule has 0 rings (SSSR count). The van der Waals surface area contributed by atoms with Crippen LogP contribution in [0.1, 0.15) is 46.5 Å². The third-order valence-corrected chi connectivity index (χ3v) is 2.90. The van der Waals surface area contributed by atoms with Crippen LogP contribution < -0.4 is 0 Å². The van der Waals surface area contributed by atoms with Crippen molar-refractivity contribution in [2.75, 3.05) is 6.61 Å². The van der Waals surface area contributed by atoms with Crippen molar-refractivity contribution in [3.8, 4) is 12.1 Å². The Balaban J connectivity index is 5.07. The van der Waals surface area contributed by atoms with Crippen molar-refractivity contribution in [1.29, 1.82) is 10.5 Å². The number of unbranched alkanes of at least 4 members (excludes halogenated alkanes) is 1. The molecule has 0 fully saturated rings. The van der Waals surface area contributed by atoms with Gasteiger partial charge in [0.2, 0.25) is 0 Å². The van der Waals surface area contributed by atoms with E-state index in [0.29, 0.717) is 12.8 Å². The first kappa shape index (κ1) is 15.4. The number of ether oxygens (including phenoxy) is 1. The van der Waals surface area contributed by atoms with Gasteiger partial charge in [0, 0.05) is 0 Å². The van der Waals surface area contributed by atoms with Gasteiger partial charge in [-0.2, -0.15) is 10.5 Å². The molecular formula is C13H20N2O2. The molecule has 0 aliphatic carbocycles. The molecule has 0 radical (unpaired) electrons. The number of carbonyl (C=O) groups excluding carboxylic acids is 1. The van der Waals surface area contributed by atoms with Crippen LogP contribution in [0.4, 0.5) is 0 Å². The van der Waals surface area contributed by atoms with Crippen molar-refractivity contribution >= 4 is 5.97 Å². The predicted molar refractivity (Wildman–Crippen MR) is 63.6 cm³/mol. The van der Waals surface area contributed by atoms with Crippen LogP contribution in [0.2, 0.25) is 0 Å². The van der Waals surface area contributed by atoms with E-state index in [1.54, 1.807) is 13.8 Å². The topological polar surface area (TPSA) is 73.9 Å². The number of esters is 1. The molecule has 1 atom stereocenters. The van der Waals surface area contributed by atoms with Crippen molar-refractivity contribution in [2.24, 2.45) is 11.3 Å². The molecule has 0 aromatic rings. The zero-order chi connectivity index (χ0) is 13.3. The smallest absolute Gasteiger partial charge is 0.311 e. The largest absolute Gasteiger partial charge is 0.466 e. The van der Waals surface area contributed by atoms with E-state index in [2.05, 4.69) is 0 Å². The molecule has 0 bridgehead atoms. The maximum absolute atomic E-state index is 11.8. The molecule has 0 saturated carbocycles. The highest BCUT2D eigenvalue weighted by atomic mass is 16.5. The number of nitriles is 2. The summed E-state index contributed by atoms with van der Waals surface area (Å²) < 4.78 is 4.94. The fraction of sp³-hybridized carbons (Fsp3) is 0.769. The maximum Gasteiger partial charge on any atom is 0.311 e. The van der Waals surface area contributed by atoms with E-state index in [0.717, 1.165) is 12.8 Å². The molecule has 0 aromatic heterocycles. The minimum absolute atomic E-state index is 0.274. The highest BCUT2D eigenvalue weighted by Crippen LogP contribution is 2.35. The van der Waals surface area contributed by atoms with E-state index in [1.165, 1.54) is 0 Å². The van der Waals surface area contributed by atoms with E-state index >= 15 is 0 Å². The van der Waals surface area contributed by atoms with Crippen molar-refractivity contribution in [1.82, 2.24) is 0 Å². The molecule has 0 saturated heterocycles. The lowest BCUT2D eigenvalue weighted by Gasteiger charge is -2.26. The van der Waals surface area contributed by atoms with Crippen LogP contribution in [-0.2, 0) is 9.53 Å². The minimum Gasteiger partial charge on any atom is -0.466 e. The van der Waals surface area contributed by atoms with Crippen LogP contribution >= 0.6 is 0 Å². The van der Waals surface area contributed by atoms with Gasteiger partial charge in [0.15, 0.2) is 5.41 Å². The summed E-state index contributed by atoms with van der Waals surface area (Å²) in [4.78, 5) is 11.8. The molecule has 0 N–H and O–H groups in total. The molecule has 0 aliphatic heterocycles. The quantitative estimate of drug-likeness (QED) is 0.637.